The molecule has 114 valence electrons. The Morgan fingerprint density at radius 2 is 2.19 bits per heavy atom. The lowest BCUT2D eigenvalue weighted by Crippen LogP contribution is -2.40. The number of aryl methyl sites for hydroxylation is 1. The highest BCUT2D eigenvalue weighted by molar-refractivity contribution is 5.79. The minimum atomic E-state index is -0.0217. The van der Waals surface area contributed by atoms with Gasteiger partial charge in [0.2, 0.25) is 5.91 Å². The molecule has 1 aromatic carbocycles. The van der Waals surface area contributed by atoms with Crippen molar-refractivity contribution >= 4 is 5.91 Å². The van der Waals surface area contributed by atoms with E-state index in [4.69, 9.17) is 4.74 Å². The first-order valence-corrected chi connectivity index (χ1v) is 7.66. The largest absolute Gasteiger partial charge is 0.379 e. The Bertz CT molecular complexity index is 531. The maximum absolute atomic E-state index is 11.9. The summed E-state index contributed by atoms with van der Waals surface area (Å²) in [5.74, 6) is 0.246. The fourth-order valence-electron chi connectivity index (χ4n) is 3.59. The molecule has 4 heteroatoms. The molecule has 3 rings (SSSR count). The molecule has 21 heavy (non-hydrogen) atoms. The van der Waals surface area contributed by atoms with E-state index < -0.39 is 0 Å². The Kier molecular flexibility index (Phi) is 4.00. The second-order valence-electron chi connectivity index (χ2n) is 6.68. The van der Waals surface area contributed by atoms with Crippen LogP contribution < -0.4 is 0 Å². The molecule has 0 saturated carbocycles. The zero-order valence-electron chi connectivity index (χ0n) is 13.0. The van der Waals surface area contributed by atoms with Gasteiger partial charge in [-0.25, -0.2) is 0 Å². The normalized spacial score (nSPS) is 27.3. The fourth-order valence-corrected chi connectivity index (χ4v) is 3.59. The van der Waals surface area contributed by atoms with Gasteiger partial charge in [-0.15, -0.1) is 0 Å². The molecule has 0 bridgehead atoms. The summed E-state index contributed by atoms with van der Waals surface area (Å²) >= 11 is 0. The van der Waals surface area contributed by atoms with Gasteiger partial charge in [0.25, 0.3) is 0 Å². The van der Waals surface area contributed by atoms with Crippen LogP contribution in [0.25, 0.3) is 0 Å². The van der Waals surface area contributed by atoms with E-state index in [1.165, 1.54) is 11.1 Å². The maximum atomic E-state index is 11.9. The van der Waals surface area contributed by atoms with Crippen LogP contribution in [0.5, 0.6) is 0 Å². The quantitative estimate of drug-likeness (QED) is 0.830. The van der Waals surface area contributed by atoms with Gasteiger partial charge in [-0.05, 0) is 12.5 Å². The zero-order chi connectivity index (χ0) is 14.9. The van der Waals surface area contributed by atoms with Crippen molar-refractivity contribution in [2.45, 2.75) is 19.9 Å². The van der Waals surface area contributed by atoms with E-state index in [2.05, 4.69) is 36.1 Å². The summed E-state index contributed by atoms with van der Waals surface area (Å²) in [6.45, 7) is 7.21. The molecule has 0 aliphatic carbocycles. The van der Waals surface area contributed by atoms with E-state index in [0.717, 1.165) is 32.8 Å². The van der Waals surface area contributed by atoms with Crippen LogP contribution >= 0.6 is 0 Å². The lowest BCUT2D eigenvalue weighted by molar-refractivity contribution is -0.126. The SMILES string of the molecule is Cc1cccc(CN2CCOC[C@@]3(CC(=O)N(C)C3)C2)c1. The van der Waals surface area contributed by atoms with Crippen molar-refractivity contribution in [3.63, 3.8) is 0 Å². The molecule has 2 heterocycles. The molecule has 0 aromatic heterocycles. The standard InChI is InChI=1S/C17H24N2O2/c1-14-4-3-5-15(8-14)10-19-6-7-21-13-17(12-19)9-16(20)18(2)11-17/h3-5,8H,6-7,9-13H2,1-2H3/t17-/m1/s1. The highest BCUT2D eigenvalue weighted by atomic mass is 16.5. The van der Waals surface area contributed by atoms with Crippen LogP contribution in [0.3, 0.4) is 0 Å². The van der Waals surface area contributed by atoms with E-state index in [1.54, 1.807) is 0 Å². The number of nitrogens with zero attached hydrogens (tertiary/aromatic N) is 2. The van der Waals surface area contributed by atoms with E-state index in [0.29, 0.717) is 13.0 Å². The van der Waals surface area contributed by atoms with Gasteiger partial charge < -0.3 is 9.64 Å². The molecule has 4 nitrogen and oxygen atoms in total. The second-order valence-corrected chi connectivity index (χ2v) is 6.68. The molecule has 1 spiro atoms. The molecule has 0 unspecified atom stereocenters. The predicted octanol–water partition coefficient (Wildman–Crippen LogP) is 1.68. The van der Waals surface area contributed by atoms with Crippen LogP contribution in [0.4, 0.5) is 0 Å². The number of carbonyl (C=O) groups excluding carboxylic acids is 1. The van der Waals surface area contributed by atoms with Crippen molar-refractivity contribution in [1.29, 1.82) is 0 Å². The Balaban J connectivity index is 1.72. The molecule has 1 atom stereocenters. The number of hydrogen-bond donors (Lipinski definition) is 0. The number of hydrogen-bond acceptors (Lipinski definition) is 3. The number of ether oxygens (including phenoxy) is 1. The summed E-state index contributed by atoms with van der Waals surface area (Å²) in [6, 6.07) is 8.66. The summed E-state index contributed by atoms with van der Waals surface area (Å²) in [4.78, 5) is 16.2. The number of carbonyl (C=O) groups is 1. The Hall–Kier alpha value is -1.39. The minimum Gasteiger partial charge on any atom is -0.379 e. The molecular weight excluding hydrogens is 264 g/mol. The second kappa shape index (κ2) is 5.78. The molecule has 2 aliphatic heterocycles. The van der Waals surface area contributed by atoms with Gasteiger partial charge >= 0.3 is 0 Å². The molecule has 2 saturated heterocycles. The summed E-state index contributed by atoms with van der Waals surface area (Å²) in [6.07, 6.45) is 0.619. The summed E-state index contributed by atoms with van der Waals surface area (Å²) < 4.78 is 5.80. The first-order valence-electron chi connectivity index (χ1n) is 7.66. The van der Waals surface area contributed by atoms with Crippen molar-refractivity contribution < 1.29 is 9.53 Å². The summed E-state index contributed by atoms with van der Waals surface area (Å²) in [5, 5.41) is 0. The van der Waals surface area contributed by atoms with E-state index in [-0.39, 0.29) is 11.3 Å². The van der Waals surface area contributed by atoms with Crippen LogP contribution in [-0.4, -0.2) is 55.6 Å². The monoisotopic (exact) mass is 288 g/mol. The molecule has 2 fully saturated rings. The lowest BCUT2D eigenvalue weighted by atomic mass is 9.87. The highest BCUT2D eigenvalue weighted by Gasteiger charge is 2.44. The third-order valence-corrected chi connectivity index (χ3v) is 4.53. The summed E-state index contributed by atoms with van der Waals surface area (Å²) in [7, 11) is 1.90. The van der Waals surface area contributed by atoms with E-state index in [1.807, 2.05) is 11.9 Å². The summed E-state index contributed by atoms with van der Waals surface area (Å²) in [5.41, 5.74) is 2.61. The first kappa shape index (κ1) is 14.5. The average Bonchev–Trinajstić information content (AvgIpc) is 2.58. The first-order chi connectivity index (χ1) is 10.1. The Morgan fingerprint density at radius 3 is 2.90 bits per heavy atom. The zero-order valence-corrected chi connectivity index (χ0v) is 13.0. The maximum Gasteiger partial charge on any atom is 0.223 e. The number of amides is 1. The van der Waals surface area contributed by atoms with Crippen LogP contribution in [0.2, 0.25) is 0 Å². The van der Waals surface area contributed by atoms with Gasteiger partial charge in [0.05, 0.1) is 13.2 Å². The molecular formula is C17H24N2O2. The van der Waals surface area contributed by atoms with Crippen LogP contribution in [0.1, 0.15) is 17.5 Å². The van der Waals surface area contributed by atoms with Gasteiger partial charge in [0, 0.05) is 45.1 Å². The van der Waals surface area contributed by atoms with Gasteiger partial charge in [0.1, 0.15) is 0 Å². The van der Waals surface area contributed by atoms with Crippen LogP contribution in [0, 0.1) is 12.3 Å². The average molecular weight is 288 g/mol. The predicted molar refractivity (Wildman–Crippen MR) is 82.0 cm³/mol. The number of likely N-dealkylation sites (tertiary alicyclic amines) is 1. The highest BCUT2D eigenvalue weighted by Crippen LogP contribution is 2.33. The Morgan fingerprint density at radius 1 is 1.33 bits per heavy atom. The molecule has 1 aromatic rings. The van der Waals surface area contributed by atoms with Crippen LogP contribution in [0.15, 0.2) is 24.3 Å². The van der Waals surface area contributed by atoms with Crippen molar-refractivity contribution in [2.24, 2.45) is 5.41 Å². The van der Waals surface area contributed by atoms with Gasteiger partial charge in [-0.3, -0.25) is 9.69 Å². The number of benzene rings is 1. The smallest absolute Gasteiger partial charge is 0.223 e. The van der Waals surface area contributed by atoms with E-state index in [9.17, 15) is 4.79 Å². The molecule has 2 aliphatic rings. The minimum absolute atomic E-state index is 0.0217. The number of rotatable bonds is 2. The molecule has 0 radical (unpaired) electrons. The van der Waals surface area contributed by atoms with Crippen molar-refractivity contribution in [3.8, 4) is 0 Å². The van der Waals surface area contributed by atoms with Gasteiger partial charge in [-0.2, -0.15) is 0 Å². The lowest BCUT2D eigenvalue weighted by Gasteiger charge is -2.30. The van der Waals surface area contributed by atoms with Crippen LogP contribution in [-0.2, 0) is 16.1 Å². The van der Waals surface area contributed by atoms with Crippen molar-refractivity contribution in [3.05, 3.63) is 35.4 Å². The van der Waals surface area contributed by atoms with E-state index >= 15 is 0 Å². The third kappa shape index (κ3) is 3.27. The third-order valence-electron chi connectivity index (χ3n) is 4.53. The molecule has 1 amide bonds. The Labute approximate surface area is 126 Å². The van der Waals surface area contributed by atoms with Crippen molar-refractivity contribution in [2.75, 3.05) is 39.9 Å². The van der Waals surface area contributed by atoms with Crippen molar-refractivity contribution in [1.82, 2.24) is 9.80 Å². The van der Waals surface area contributed by atoms with Gasteiger partial charge in [0.15, 0.2) is 0 Å². The fraction of sp³-hybridized carbons (Fsp3) is 0.588. The van der Waals surface area contributed by atoms with Gasteiger partial charge in [-0.1, -0.05) is 29.8 Å². The molecule has 0 N–H and O–H groups in total. The topological polar surface area (TPSA) is 32.8 Å².